The zero-order valence-electron chi connectivity index (χ0n) is 13.2. The van der Waals surface area contributed by atoms with Crippen LogP contribution in [-0.2, 0) is 14.8 Å². The van der Waals surface area contributed by atoms with Crippen molar-refractivity contribution in [2.24, 2.45) is 11.8 Å². The summed E-state index contributed by atoms with van der Waals surface area (Å²) in [6.07, 6.45) is 3.12. The molecule has 1 aliphatic carbocycles. The Balaban J connectivity index is 1.69. The molecule has 1 saturated carbocycles. The minimum absolute atomic E-state index is 0.0717. The van der Waals surface area contributed by atoms with Crippen molar-refractivity contribution in [1.29, 1.82) is 0 Å². The molecule has 0 spiro atoms. The molecule has 6 heteroatoms. The molecule has 0 heterocycles. The van der Waals surface area contributed by atoms with Crippen molar-refractivity contribution in [3.05, 3.63) is 42.5 Å². The van der Waals surface area contributed by atoms with E-state index in [0.29, 0.717) is 11.4 Å². The molecule has 2 aromatic carbocycles. The molecule has 4 nitrogen and oxygen atoms in total. The highest BCUT2D eigenvalue weighted by atomic mass is 35.5. The average molecular weight is 366 g/mol. The molecule has 0 saturated heterocycles. The van der Waals surface area contributed by atoms with Gasteiger partial charge in [-0.15, -0.1) is 0 Å². The fourth-order valence-electron chi connectivity index (χ4n) is 3.33. The first kappa shape index (κ1) is 17.4. The Hall–Kier alpha value is -1.43. The predicted molar refractivity (Wildman–Crippen MR) is 95.4 cm³/mol. The lowest BCUT2D eigenvalue weighted by Crippen LogP contribution is -2.32. The number of hydrogen-bond donors (Lipinski definition) is 1. The highest BCUT2D eigenvalue weighted by Crippen LogP contribution is 2.30. The van der Waals surface area contributed by atoms with Gasteiger partial charge in [-0.25, -0.2) is 13.1 Å². The van der Waals surface area contributed by atoms with Crippen molar-refractivity contribution in [1.82, 2.24) is 4.72 Å². The second-order valence-corrected chi connectivity index (χ2v) is 8.46. The summed E-state index contributed by atoms with van der Waals surface area (Å²) in [5.74, 6) is 0.180. The van der Waals surface area contributed by atoms with Crippen molar-refractivity contribution >= 4 is 37.6 Å². The first-order valence-corrected chi connectivity index (χ1v) is 10.0. The second-order valence-electron chi connectivity index (χ2n) is 6.35. The van der Waals surface area contributed by atoms with Crippen LogP contribution in [0, 0.1) is 11.8 Å². The van der Waals surface area contributed by atoms with E-state index in [1.807, 2.05) is 30.3 Å². The summed E-state index contributed by atoms with van der Waals surface area (Å²) >= 11 is 5.54. The molecular formula is C18H20ClNO3S. The highest BCUT2D eigenvalue weighted by molar-refractivity contribution is 7.89. The molecule has 2 aromatic rings. The molecule has 0 bridgehead atoms. The lowest BCUT2D eigenvalue weighted by molar-refractivity contribution is -0.116. The molecule has 0 aliphatic heterocycles. The third-order valence-corrected chi connectivity index (χ3v) is 6.56. The van der Waals surface area contributed by atoms with Crippen LogP contribution in [0.15, 0.2) is 47.4 Å². The monoisotopic (exact) mass is 365 g/mol. The topological polar surface area (TPSA) is 63.2 Å². The molecule has 1 N–H and O–H groups in total. The molecule has 0 amide bonds. The van der Waals surface area contributed by atoms with Gasteiger partial charge in [0.15, 0.2) is 0 Å². The molecule has 0 unspecified atom stereocenters. The summed E-state index contributed by atoms with van der Waals surface area (Å²) < 4.78 is 28.1. The van der Waals surface area contributed by atoms with Gasteiger partial charge in [0, 0.05) is 17.8 Å². The number of benzene rings is 2. The highest BCUT2D eigenvalue weighted by Gasteiger charge is 2.26. The Bertz CT molecular complexity index is 837. The van der Waals surface area contributed by atoms with Gasteiger partial charge in [-0.1, -0.05) is 36.4 Å². The second kappa shape index (κ2) is 7.21. The zero-order valence-corrected chi connectivity index (χ0v) is 14.8. The summed E-state index contributed by atoms with van der Waals surface area (Å²) in [4.78, 5) is 11.5. The number of fused-ring (bicyclic) bond motifs is 1. The summed E-state index contributed by atoms with van der Waals surface area (Å²) in [7, 11) is -3.56. The van der Waals surface area contributed by atoms with Crippen LogP contribution in [0.3, 0.4) is 0 Å². The molecule has 0 radical (unpaired) electrons. The Kier molecular flexibility index (Phi) is 5.23. The van der Waals surface area contributed by atoms with E-state index in [0.717, 1.165) is 36.5 Å². The fraction of sp³-hybridized carbons (Fsp3) is 0.389. The van der Waals surface area contributed by atoms with Gasteiger partial charge in [0.25, 0.3) is 0 Å². The van der Waals surface area contributed by atoms with E-state index in [2.05, 4.69) is 4.72 Å². The number of carbonyl (C=O) groups is 1. The summed E-state index contributed by atoms with van der Waals surface area (Å²) in [6, 6.07) is 12.7. The van der Waals surface area contributed by atoms with Gasteiger partial charge in [-0.3, -0.25) is 4.79 Å². The lowest BCUT2D eigenvalue weighted by Gasteiger charge is -2.26. The molecule has 128 valence electrons. The number of nitrogens with one attached hydrogen (secondary N) is 1. The third-order valence-electron chi connectivity index (χ3n) is 4.77. The van der Waals surface area contributed by atoms with E-state index >= 15 is 0 Å². The van der Waals surface area contributed by atoms with Crippen LogP contribution in [0.1, 0.15) is 25.7 Å². The maximum absolute atomic E-state index is 12.7. The molecule has 1 fully saturated rings. The third kappa shape index (κ3) is 3.79. The summed E-state index contributed by atoms with van der Waals surface area (Å²) in [6.45, 7) is 0.398. The van der Waals surface area contributed by atoms with Crippen LogP contribution in [-0.4, -0.2) is 20.2 Å². The number of sulfonamides is 1. The van der Waals surface area contributed by atoms with Crippen molar-refractivity contribution in [2.45, 2.75) is 30.6 Å². The van der Waals surface area contributed by atoms with Gasteiger partial charge in [-0.05, 0) is 54.7 Å². The quantitative estimate of drug-likeness (QED) is 0.822. The Labute approximate surface area is 147 Å². The van der Waals surface area contributed by atoms with Gasteiger partial charge in [-0.2, -0.15) is 0 Å². The fourth-order valence-corrected chi connectivity index (χ4v) is 4.89. The van der Waals surface area contributed by atoms with E-state index in [1.165, 1.54) is 0 Å². The van der Waals surface area contributed by atoms with E-state index in [9.17, 15) is 13.2 Å². The Morgan fingerprint density at radius 1 is 1.04 bits per heavy atom. The van der Waals surface area contributed by atoms with Gasteiger partial charge in [0.2, 0.25) is 15.3 Å². The number of rotatable bonds is 5. The van der Waals surface area contributed by atoms with Gasteiger partial charge in [0.05, 0.1) is 4.90 Å². The summed E-state index contributed by atoms with van der Waals surface area (Å²) in [5.41, 5.74) is 0. The van der Waals surface area contributed by atoms with Gasteiger partial charge in [0.1, 0.15) is 0 Å². The van der Waals surface area contributed by atoms with E-state index in [1.54, 1.807) is 12.1 Å². The van der Waals surface area contributed by atoms with Crippen molar-refractivity contribution in [3.63, 3.8) is 0 Å². The minimum Gasteiger partial charge on any atom is -0.281 e. The molecule has 0 aromatic heterocycles. The maximum Gasteiger partial charge on any atom is 0.241 e. The lowest BCUT2D eigenvalue weighted by atomic mass is 9.83. The Morgan fingerprint density at radius 3 is 2.42 bits per heavy atom. The number of halogens is 1. The molecule has 1 aliphatic rings. The van der Waals surface area contributed by atoms with E-state index < -0.39 is 10.0 Å². The van der Waals surface area contributed by atoms with Crippen molar-refractivity contribution in [2.75, 3.05) is 6.54 Å². The number of hydrogen-bond acceptors (Lipinski definition) is 3. The first-order chi connectivity index (χ1) is 11.5. The Morgan fingerprint density at radius 2 is 1.71 bits per heavy atom. The number of carbonyl (C=O) groups excluding carboxylic acids is 1. The zero-order chi connectivity index (χ0) is 17.2. The summed E-state index contributed by atoms with van der Waals surface area (Å²) in [5, 5.41) is 1.36. The van der Waals surface area contributed by atoms with Crippen LogP contribution >= 0.6 is 11.6 Å². The van der Waals surface area contributed by atoms with E-state index in [4.69, 9.17) is 11.6 Å². The normalized spacial score (nSPS) is 21.7. The van der Waals surface area contributed by atoms with Crippen LogP contribution in [0.5, 0.6) is 0 Å². The van der Waals surface area contributed by atoms with Gasteiger partial charge < -0.3 is 0 Å². The van der Waals surface area contributed by atoms with Crippen LogP contribution in [0.2, 0.25) is 0 Å². The maximum atomic E-state index is 12.7. The first-order valence-electron chi connectivity index (χ1n) is 8.14. The average Bonchev–Trinajstić information content (AvgIpc) is 2.60. The largest absolute Gasteiger partial charge is 0.281 e. The predicted octanol–water partition coefficient (Wildman–Crippen LogP) is 3.69. The molecule has 24 heavy (non-hydrogen) atoms. The smallest absolute Gasteiger partial charge is 0.241 e. The van der Waals surface area contributed by atoms with Crippen molar-refractivity contribution in [3.8, 4) is 0 Å². The van der Waals surface area contributed by atoms with Crippen molar-refractivity contribution < 1.29 is 13.2 Å². The molecule has 3 rings (SSSR count). The SMILES string of the molecule is O=C(Cl)[C@H]1CC[C@H](CNS(=O)(=O)c2cccc3ccccc23)CC1. The molecular weight excluding hydrogens is 346 g/mol. The van der Waals surface area contributed by atoms with Gasteiger partial charge >= 0.3 is 0 Å². The minimum atomic E-state index is -3.56. The van der Waals surface area contributed by atoms with Crippen LogP contribution in [0.25, 0.3) is 10.8 Å². The van der Waals surface area contributed by atoms with Crippen LogP contribution in [0.4, 0.5) is 0 Å². The molecule has 0 atom stereocenters. The van der Waals surface area contributed by atoms with E-state index in [-0.39, 0.29) is 17.1 Å². The van der Waals surface area contributed by atoms with Crippen LogP contribution < -0.4 is 4.72 Å². The standard InChI is InChI=1S/C18H20ClNO3S/c19-18(21)15-10-8-13(9-11-15)12-20-24(22,23)17-7-3-5-14-4-1-2-6-16(14)17/h1-7,13,15,20H,8-12H2/t13-,15-.